The average Bonchev–Trinajstić information content (AvgIpc) is 2.40. The number of carbonyl (C=O) groups excluding carboxylic acids is 1. The molecule has 0 spiro atoms. The van der Waals surface area contributed by atoms with Crippen LogP contribution < -0.4 is 10.1 Å². The van der Waals surface area contributed by atoms with Gasteiger partial charge in [0, 0.05) is 26.3 Å². The van der Waals surface area contributed by atoms with Crippen LogP contribution in [0.25, 0.3) is 0 Å². The van der Waals surface area contributed by atoms with Crippen LogP contribution >= 0.6 is 0 Å². The molecule has 0 unspecified atom stereocenters. The average molecular weight is 253 g/mol. The first kappa shape index (κ1) is 14.5. The number of benzene rings is 1. The van der Waals surface area contributed by atoms with Gasteiger partial charge in [0.25, 0.3) is 0 Å². The standard InChI is InChI=1S/C13H19NO4/c1-16-9-13(15)14-8-12(18-3)10-6-4-5-7-11(10)17-2/h4-7,12H,8-9H2,1-3H3,(H,14,15)/t12-/m1/s1. The maximum Gasteiger partial charge on any atom is 0.246 e. The molecule has 0 bridgehead atoms. The summed E-state index contributed by atoms with van der Waals surface area (Å²) in [5, 5.41) is 2.74. The molecule has 1 atom stereocenters. The van der Waals surface area contributed by atoms with E-state index in [1.54, 1.807) is 14.2 Å². The third-order valence-corrected chi connectivity index (χ3v) is 2.53. The lowest BCUT2D eigenvalue weighted by molar-refractivity contribution is -0.125. The third-order valence-electron chi connectivity index (χ3n) is 2.53. The van der Waals surface area contributed by atoms with Crippen molar-refractivity contribution in [1.82, 2.24) is 5.32 Å². The minimum Gasteiger partial charge on any atom is -0.496 e. The second kappa shape index (κ2) is 7.68. The Balaban J connectivity index is 2.68. The van der Waals surface area contributed by atoms with Crippen molar-refractivity contribution < 1.29 is 19.0 Å². The quantitative estimate of drug-likeness (QED) is 0.792. The Bertz CT molecular complexity index is 381. The molecule has 100 valence electrons. The minimum absolute atomic E-state index is 0.0440. The Morgan fingerprint density at radius 1 is 1.28 bits per heavy atom. The summed E-state index contributed by atoms with van der Waals surface area (Å²) in [6.07, 6.45) is -0.248. The number of nitrogens with one attached hydrogen (secondary N) is 1. The van der Waals surface area contributed by atoms with Gasteiger partial charge in [0.05, 0.1) is 7.11 Å². The van der Waals surface area contributed by atoms with Gasteiger partial charge in [0.2, 0.25) is 5.91 Å². The van der Waals surface area contributed by atoms with Crippen LogP contribution in [0.15, 0.2) is 24.3 Å². The van der Waals surface area contributed by atoms with Gasteiger partial charge < -0.3 is 19.5 Å². The summed E-state index contributed by atoms with van der Waals surface area (Å²) >= 11 is 0. The van der Waals surface area contributed by atoms with Gasteiger partial charge in [-0.05, 0) is 6.07 Å². The van der Waals surface area contributed by atoms with Gasteiger partial charge in [-0.25, -0.2) is 0 Å². The van der Waals surface area contributed by atoms with Gasteiger partial charge in [0.1, 0.15) is 18.5 Å². The van der Waals surface area contributed by atoms with E-state index in [0.29, 0.717) is 6.54 Å². The number of amides is 1. The third kappa shape index (κ3) is 4.01. The SMILES string of the molecule is COCC(=O)NC[C@@H](OC)c1ccccc1OC. The Morgan fingerprint density at radius 2 is 2.00 bits per heavy atom. The molecule has 0 aromatic heterocycles. The lowest BCUT2D eigenvalue weighted by atomic mass is 10.1. The maximum atomic E-state index is 11.3. The van der Waals surface area contributed by atoms with Crippen LogP contribution in [-0.4, -0.2) is 40.4 Å². The van der Waals surface area contributed by atoms with Gasteiger partial charge in [-0.3, -0.25) is 4.79 Å². The number of hydrogen-bond donors (Lipinski definition) is 1. The fourth-order valence-electron chi connectivity index (χ4n) is 1.64. The molecule has 0 saturated carbocycles. The fraction of sp³-hybridized carbons (Fsp3) is 0.462. The van der Waals surface area contributed by atoms with E-state index in [1.807, 2.05) is 24.3 Å². The Morgan fingerprint density at radius 3 is 2.61 bits per heavy atom. The van der Waals surface area contributed by atoms with Crippen molar-refractivity contribution in [3.8, 4) is 5.75 Å². The first-order valence-electron chi connectivity index (χ1n) is 5.64. The van der Waals surface area contributed by atoms with Gasteiger partial charge in [-0.15, -0.1) is 0 Å². The zero-order valence-electron chi connectivity index (χ0n) is 10.9. The molecular formula is C13H19NO4. The van der Waals surface area contributed by atoms with Crippen molar-refractivity contribution in [3.63, 3.8) is 0 Å². The molecule has 1 amide bonds. The smallest absolute Gasteiger partial charge is 0.246 e. The summed E-state index contributed by atoms with van der Waals surface area (Å²) in [5.74, 6) is 0.569. The van der Waals surface area contributed by atoms with Gasteiger partial charge >= 0.3 is 0 Å². The molecule has 1 N–H and O–H groups in total. The summed E-state index contributed by atoms with van der Waals surface area (Å²) in [6, 6.07) is 7.56. The molecule has 1 aromatic carbocycles. The van der Waals surface area contributed by atoms with E-state index in [1.165, 1.54) is 7.11 Å². The molecule has 0 aliphatic carbocycles. The van der Waals surface area contributed by atoms with E-state index in [0.717, 1.165) is 11.3 Å². The Kier molecular flexibility index (Phi) is 6.18. The summed E-state index contributed by atoms with van der Waals surface area (Å²) in [7, 11) is 4.68. The van der Waals surface area contributed by atoms with E-state index in [2.05, 4.69) is 5.32 Å². The van der Waals surface area contributed by atoms with Crippen LogP contribution in [-0.2, 0) is 14.3 Å². The van der Waals surface area contributed by atoms with Gasteiger partial charge in [-0.2, -0.15) is 0 Å². The van der Waals surface area contributed by atoms with E-state index in [-0.39, 0.29) is 18.6 Å². The first-order chi connectivity index (χ1) is 8.72. The van der Waals surface area contributed by atoms with Crippen molar-refractivity contribution in [3.05, 3.63) is 29.8 Å². The number of hydrogen-bond acceptors (Lipinski definition) is 4. The largest absolute Gasteiger partial charge is 0.496 e. The van der Waals surface area contributed by atoms with Crippen molar-refractivity contribution in [1.29, 1.82) is 0 Å². The molecule has 5 heteroatoms. The predicted octanol–water partition coefficient (Wildman–Crippen LogP) is 1.15. The number of para-hydroxylation sites is 1. The monoisotopic (exact) mass is 253 g/mol. The molecule has 1 aromatic rings. The zero-order valence-corrected chi connectivity index (χ0v) is 10.9. The fourth-order valence-corrected chi connectivity index (χ4v) is 1.64. The van der Waals surface area contributed by atoms with Crippen molar-refractivity contribution in [2.24, 2.45) is 0 Å². The Hall–Kier alpha value is -1.59. The molecule has 0 aliphatic heterocycles. The predicted molar refractivity (Wildman–Crippen MR) is 67.6 cm³/mol. The second-order valence-electron chi connectivity index (χ2n) is 3.70. The van der Waals surface area contributed by atoms with Crippen LogP contribution in [0.3, 0.4) is 0 Å². The van der Waals surface area contributed by atoms with E-state index in [4.69, 9.17) is 14.2 Å². The van der Waals surface area contributed by atoms with Gasteiger partial charge in [0.15, 0.2) is 0 Å². The van der Waals surface area contributed by atoms with Crippen LogP contribution in [0, 0.1) is 0 Å². The number of methoxy groups -OCH3 is 3. The molecule has 0 fully saturated rings. The van der Waals surface area contributed by atoms with Crippen molar-refractivity contribution >= 4 is 5.91 Å². The highest BCUT2D eigenvalue weighted by Crippen LogP contribution is 2.26. The minimum atomic E-state index is -0.248. The van der Waals surface area contributed by atoms with Crippen LogP contribution in [0.1, 0.15) is 11.7 Å². The maximum absolute atomic E-state index is 11.3. The lowest BCUT2D eigenvalue weighted by Gasteiger charge is -2.18. The van der Waals surface area contributed by atoms with E-state index in [9.17, 15) is 4.79 Å². The van der Waals surface area contributed by atoms with Gasteiger partial charge in [-0.1, -0.05) is 18.2 Å². The Labute approximate surface area is 107 Å². The summed E-state index contributed by atoms with van der Waals surface area (Å²) in [6.45, 7) is 0.418. The lowest BCUT2D eigenvalue weighted by Crippen LogP contribution is -2.31. The van der Waals surface area contributed by atoms with Crippen molar-refractivity contribution in [2.45, 2.75) is 6.10 Å². The molecule has 0 aliphatic rings. The van der Waals surface area contributed by atoms with Crippen LogP contribution in [0.4, 0.5) is 0 Å². The summed E-state index contributed by atoms with van der Waals surface area (Å²) in [5.41, 5.74) is 0.903. The number of carbonyl (C=O) groups is 1. The molecule has 5 nitrogen and oxygen atoms in total. The first-order valence-corrected chi connectivity index (χ1v) is 5.64. The molecule has 0 heterocycles. The number of ether oxygens (including phenoxy) is 3. The van der Waals surface area contributed by atoms with Crippen LogP contribution in [0.2, 0.25) is 0 Å². The zero-order chi connectivity index (χ0) is 13.4. The summed E-state index contributed by atoms with van der Waals surface area (Å²) < 4.78 is 15.4. The highest BCUT2D eigenvalue weighted by atomic mass is 16.5. The molecule has 0 radical (unpaired) electrons. The molecular weight excluding hydrogens is 234 g/mol. The second-order valence-corrected chi connectivity index (χ2v) is 3.70. The highest BCUT2D eigenvalue weighted by molar-refractivity contribution is 5.77. The normalized spacial score (nSPS) is 11.9. The highest BCUT2D eigenvalue weighted by Gasteiger charge is 2.15. The van der Waals surface area contributed by atoms with Crippen molar-refractivity contribution in [2.75, 3.05) is 34.5 Å². The molecule has 0 saturated heterocycles. The number of rotatable bonds is 7. The summed E-state index contributed by atoms with van der Waals surface area (Å²) in [4.78, 5) is 11.3. The van der Waals surface area contributed by atoms with Crippen LogP contribution in [0.5, 0.6) is 5.75 Å². The topological polar surface area (TPSA) is 56.8 Å². The van der Waals surface area contributed by atoms with E-state index >= 15 is 0 Å². The molecule has 18 heavy (non-hydrogen) atoms. The molecule has 1 rings (SSSR count). The van der Waals surface area contributed by atoms with E-state index < -0.39 is 0 Å².